The fourth-order valence-corrected chi connectivity index (χ4v) is 2.35. The van der Waals surface area contributed by atoms with Crippen LogP contribution in [0.4, 0.5) is 0 Å². The van der Waals surface area contributed by atoms with Gasteiger partial charge in [-0.3, -0.25) is 9.59 Å². The van der Waals surface area contributed by atoms with Crippen molar-refractivity contribution in [3.05, 3.63) is 0 Å². The van der Waals surface area contributed by atoms with Gasteiger partial charge in [0.05, 0.1) is 12.5 Å². The first-order valence-electron chi connectivity index (χ1n) is 7.45. The molecule has 2 amide bonds. The van der Waals surface area contributed by atoms with E-state index in [0.29, 0.717) is 13.1 Å². The molecule has 1 fully saturated rings. The van der Waals surface area contributed by atoms with Gasteiger partial charge in [-0.05, 0) is 32.2 Å². The van der Waals surface area contributed by atoms with E-state index < -0.39 is 0 Å². The summed E-state index contributed by atoms with van der Waals surface area (Å²) in [5.74, 6) is 0.118. The minimum Gasteiger partial charge on any atom is -0.355 e. The first-order chi connectivity index (χ1) is 9.19. The molecule has 0 radical (unpaired) electrons. The van der Waals surface area contributed by atoms with Crippen molar-refractivity contribution in [1.82, 2.24) is 15.5 Å². The standard InChI is InChI=1S/C14H27N3O2/c1-3-7-16-13(18)11-17(9-4-2)14(19)12-6-5-8-15-10-12/h12,15H,3-11H2,1-2H3,(H,16,18)/t12-/m0/s1. The van der Waals surface area contributed by atoms with Gasteiger partial charge < -0.3 is 15.5 Å². The minimum absolute atomic E-state index is 0.0410. The lowest BCUT2D eigenvalue weighted by Gasteiger charge is -2.29. The van der Waals surface area contributed by atoms with Gasteiger partial charge in [-0.25, -0.2) is 0 Å². The maximum Gasteiger partial charge on any atom is 0.239 e. The summed E-state index contributed by atoms with van der Waals surface area (Å²) in [4.78, 5) is 25.9. The second-order valence-electron chi connectivity index (χ2n) is 5.15. The number of rotatable bonds is 7. The Morgan fingerprint density at radius 1 is 1.32 bits per heavy atom. The van der Waals surface area contributed by atoms with E-state index in [4.69, 9.17) is 0 Å². The molecule has 1 heterocycles. The van der Waals surface area contributed by atoms with Crippen LogP contribution >= 0.6 is 0 Å². The highest BCUT2D eigenvalue weighted by Crippen LogP contribution is 2.13. The summed E-state index contributed by atoms with van der Waals surface area (Å²) in [6.07, 6.45) is 3.77. The average Bonchev–Trinajstić information content (AvgIpc) is 2.45. The number of carbonyl (C=O) groups is 2. The molecule has 5 heteroatoms. The Balaban J connectivity index is 2.49. The molecule has 0 unspecified atom stereocenters. The molecule has 1 aliphatic heterocycles. The molecular weight excluding hydrogens is 242 g/mol. The van der Waals surface area contributed by atoms with Gasteiger partial charge in [0.1, 0.15) is 0 Å². The van der Waals surface area contributed by atoms with Crippen LogP contribution in [-0.2, 0) is 9.59 Å². The first kappa shape index (κ1) is 16.0. The van der Waals surface area contributed by atoms with Gasteiger partial charge in [0.15, 0.2) is 0 Å². The number of nitrogens with one attached hydrogen (secondary N) is 2. The lowest BCUT2D eigenvalue weighted by Crippen LogP contribution is -2.47. The van der Waals surface area contributed by atoms with Gasteiger partial charge in [-0.15, -0.1) is 0 Å². The summed E-state index contributed by atoms with van der Waals surface area (Å²) in [6.45, 7) is 7.33. The number of nitrogens with zero attached hydrogens (tertiary/aromatic N) is 1. The van der Waals surface area contributed by atoms with Crippen LogP contribution in [0, 0.1) is 5.92 Å². The molecule has 19 heavy (non-hydrogen) atoms. The van der Waals surface area contributed by atoms with Crippen molar-refractivity contribution in [3.8, 4) is 0 Å². The summed E-state index contributed by atoms with van der Waals surface area (Å²) in [6, 6.07) is 0. The van der Waals surface area contributed by atoms with E-state index in [0.717, 1.165) is 38.8 Å². The highest BCUT2D eigenvalue weighted by Gasteiger charge is 2.26. The second kappa shape index (κ2) is 8.91. The summed E-state index contributed by atoms with van der Waals surface area (Å²) >= 11 is 0. The van der Waals surface area contributed by atoms with Crippen molar-refractivity contribution < 1.29 is 9.59 Å². The maximum atomic E-state index is 12.4. The Kier molecular flexibility index (Phi) is 7.48. The van der Waals surface area contributed by atoms with Crippen LogP contribution in [0.25, 0.3) is 0 Å². The maximum absolute atomic E-state index is 12.4. The predicted octanol–water partition coefficient (Wildman–Crippen LogP) is 0.751. The zero-order valence-corrected chi connectivity index (χ0v) is 12.2. The minimum atomic E-state index is -0.0487. The fraction of sp³-hybridized carbons (Fsp3) is 0.857. The van der Waals surface area contributed by atoms with Crippen molar-refractivity contribution in [2.45, 2.75) is 39.5 Å². The molecule has 110 valence electrons. The fourth-order valence-electron chi connectivity index (χ4n) is 2.35. The van der Waals surface area contributed by atoms with Gasteiger partial charge in [-0.2, -0.15) is 0 Å². The molecule has 0 saturated carbocycles. The Hall–Kier alpha value is -1.10. The SMILES string of the molecule is CCCNC(=O)CN(CCC)C(=O)[C@H]1CCCNC1. The normalized spacial score (nSPS) is 18.9. The van der Waals surface area contributed by atoms with Crippen LogP contribution in [-0.4, -0.2) is 49.4 Å². The number of piperidine rings is 1. The van der Waals surface area contributed by atoms with E-state index in [1.54, 1.807) is 4.90 Å². The van der Waals surface area contributed by atoms with Crippen molar-refractivity contribution in [2.24, 2.45) is 5.92 Å². The van der Waals surface area contributed by atoms with Crippen LogP contribution in [0.1, 0.15) is 39.5 Å². The average molecular weight is 269 g/mol. The van der Waals surface area contributed by atoms with E-state index in [9.17, 15) is 9.59 Å². The van der Waals surface area contributed by atoms with E-state index in [1.807, 2.05) is 13.8 Å². The number of hydrogen-bond acceptors (Lipinski definition) is 3. The van der Waals surface area contributed by atoms with E-state index >= 15 is 0 Å². The molecule has 1 saturated heterocycles. The number of hydrogen-bond donors (Lipinski definition) is 2. The van der Waals surface area contributed by atoms with Crippen LogP contribution in [0.15, 0.2) is 0 Å². The summed E-state index contributed by atoms with van der Waals surface area (Å²) < 4.78 is 0. The van der Waals surface area contributed by atoms with Crippen LogP contribution in [0.2, 0.25) is 0 Å². The van der Waals surface area contributed by atoms with Crippen molar-refractivity contribution in [1.29, 1.82) is 0 Å². The topological polar surface area (TPSA) is 61.4 Å². The molecular formula is C14H27N3O2. The summed E-state index contributed by atoms with van der Waals surface area (Å²) in [7, 11) is 0. The third-order valence-electron chi connectivity index (χ3n) is 3.36. The molecule has 0 aromatic carbocycles. The third-order valence-corrected chi connectivity index (χ3v) is 3.36. The Labute approximate surface area is 116 Å². The zero-order chi connectivity index (χ0) is 14.1. The Bertz CT molecular complexity index is 288. The molecule has 0 aromatic rings. The van der Waals surface area contributed by atoms with E-state index in [2.05, 4.69) is 10.6 Å². The molecule has 1 atom stereocenters. The first-order valence-corrected chi connectivity index (χ1v) is 7.45. The smallest absolute Gasteiger partial charge is 0.239 e. The second-order valence-corrected chi connectivity index (χ2v) is 5.15. The van der Waals surface area contributed by atoms with Gasteiger partial charge in [0.2, 0.25) is 11.8 Å². The summed E-state index contributed by atoms with van der Waals surface area (Å²) in [5, 5.41) is 6.08. The van der Waals surface area contributed by atoms with Gasteiger partial charge >= 0.3 is 0 Å². The largest absolute Gasteiger partial charge is 0.355 e. The molecule has 5 nitrogen and oxygen atoms in total. The van der Waals surface area contributed by atoms with Crippen molar-refractivity contribution in [3.63, 3.8) is 0 Å². The van der Waals surface area contributed by atoms with Crippen LogP contribution < -0.4 is 10.6 Å². The van der Waals surface area contributed by atoms with E-state index in [1.165, 1.54) is 0 Å². The van der Waals surface area contributed by atoms with Gasteiger partial charge in [0.25, 0.3) is 0 Å². The molecule has 1 aliphatic rings. The summed E-state index contributed by atoms with van der Waals surface area (Å²) in [5.41, 5.74) is 0. The lowest BCUT2D eigenvalue weighted by molar-refractivity contribution is -0.140. The monoisotopic (exact) mass is 269 g/mol. The number of carbonyl (C=O) groups excluding carboxylic acids is 2. The molecule has 1 rings (SSSR count). The highest BCUT2D eigenvalue weighted by atomic mass is 16.2. The van der Waals surface area contributed by atoms with Crippen LogP contribution in [0.3, 0.4) is 0 Å². The quantitative estimate of drug-likeness (QED) is 0.717. The third kappa shape index (κ3) is 5.59. The van der Waals surface area contributed by atoms with Gasteiger partial charge in [0, 0.05) is 19.6 Å². The molecule has 0 spiro atoms. The molecule has 0 aromatic heterocycles. The van der Waals surface area contributed by atoms with E-state index in [-0.39, 0.29) is 24.3 Å². The van der Waals surface area contributed by atoms with Crippen molar-refractivity contribution >= 4 is 11.8 Å². The Morgan fingerprint density at radius 3 is 2.68 bits per heavy atom. The predicted molar refractivity (Wildman–Crippen MR) is 75.8 cm³/mol. The van der Waals surface area contributed by atoms with Crippen molar-refractivity contribution in [2.75, 3.05) is 32.7 Å². The molecule has 0 aliphatic carbocycles. The van der Waals surface area contributed by atoms with Gasteiger partial charge in [-0.1, -0.05) is 13.8 Å². The van der Waals surface area contributed by atoms with Crippen LogP contribution in [0.5, 0.6) is 0 Å². The molecule has 0 bridgehead atoms. The molecule has 2 N–H and O–H groups in total. The number of amides is 2. The zero-order valence-electron chi connectivity index (χ0n) is 12.2. The highest BCUT2D eigenvalue weighted by molar-refractivity contribution is 5.86. The lowest BCUT2D eigenvalue weighted by atomic mass is 9.98. The Morgan fingerprint density at radius 2 is 2.11 bits per heavy atom.